The van der Waals surface area contributed by atoms with E-state index >= 15 is 0 Å². The summed E-state index contributed by atoms with van der Waals surface area (Å²) >= 11 is 6.04. The quantitative estimate of drug-likeness (QED) is 0.703. The molecule has 0 bridgehead atoms. The maximum atomic E-state index is 12.3. The minimum absolute atomic E-state index is 0. The van der Waals surface area contributed by atoms with Crippen molar-refractivity contribution < 1.29 is 14.7 Å². The number of nitrogens with zero attached hydrogens (tertiary/aromatic N) is 1. The maximum Gasteiger partial charge on any atom is 0.317 e. The molecule has 1 aliphatic carbocycles. The third kappa shape index (κ3) is 4.32. The van der Waals surface area contributed by atoms with Crippen molar-refractivity contribution in [3.63, 3.8) is 0 Å². The molecule has 3 rings (SSSR count). The summed E-state index contributed by atoms with van der Waals surface area (Å²) in [6.07, 6.45) is 3.61. The van der Waals surface area contributed by atoms with E-state index in [1.165, 1.54) is 0 Å². The van der Waals surface area contributed by atoms with Gasteiger partial charge in [0.1, 0.15) is 5.92 Å². The topological polar surface area (TPSA) is 83.6 Å². The largest absolute Gasteiger partial charge is 0.480 e. The zero-order valence-corrected chi connectivity index (χ0v) is 17.4. The molecule has 0 aromatic heterocycles. The molecular formula is C21H24Cl2N2O3. The monoisotopic (exact) mass is 422 g/mol. The number of hydrogen-bond donors (Lipinski definition) is 2. The van der Waals surface area contributed by atoms with Crippen molar-refractivity contribution in [3.05, 3.63) is 64.0 Å². The smallest absolute Gasteiger partial charge is 0.317 e. The van der Waals surface area contributed by atoms with Crippen LogP contribution < -0.4 is 5.73 Å². The van der Waals surface area contributed by atoms with Gasteiger partial charge < -0.3 is 15.7 Å². The van der Waals surface area contributed by atoms with E-state index in [0.717, 1.165) is 34.5 Å². The van der Waals surface area contributed by atoms with E-state index < -0.39 is 11.9 Å². The fourth-order valence-electron chi connectivity index (χ4n) is 3.61. The Hall–Kier alpha value is -2.08. The predicted octanol–water partition coefficient (Wildman–Crippen LogP) is 3.89. The number of allylic oxidation sites excluding steroid dienone is 3. The maximum absolute atomic E-state index is 12.3. The first-order valence-corrected chi connectivity index (χ1v) is 9.34. The molecule has 7 heteroatoms. The van der Waals surface area contributed by atoms with Gasteiger partial charge in [0.05, 0.1) is 0 Å². The Morgan fingerprint density at radius 1 is 1.32 bits per heavy atom. The minimum Gasteiger partial charge on any atom is -0.480 e. The van der Waals surface area contributed by atoms with Crippen LogP contribution in [0.4, 0.5) is 0 Å². The lowest BCUT2D eigenvalue weighted by Crippen LogP contribution is -2.34. The number of carbonyl (C=O) groups is 2. The highest BCUT2D eigenvalue weighted by Gasteiger charge is 2.35. The lowest BCUT2D eigenvalue weighted by atomic mass is 9.78. The van der Waals surface area contributed by atoms with Gasteiger partial charge in [-0.2, -0.15) is 0 Å². The summed E-state index contributed by atoms with van der Waals surface area (Å²) in [4.78, 5) is 25.9. The van der Waals surface area contributed by atoms with Crippen molar-refractivity contribution in [2.75, 3.05) is 13.1 Å². The Morgan fingerprint density at radius 2 is 1.96 bits per heavy atom. The molecule has 0 fully saturated rings. The second-order valence-electron chi connectivity index (χ2n) is 7.27. The average molecular weight is 423 g/mol. The predicted molar refractivity (Wildman–Crippen MR) is 113 cm³/mol. The van der Waals surface area contributed by atoms with Gasteiger partial charge in [0.2, 0.25) is 0 Å². The third-order valence-corrected chi connectivity index (χ3v) is 5.01. The SMILES string of the molecule is CC(C)CN1C=C2CC(=O)C(C(=O)O)C=C2C(c2ccc(Cl)cc2)=C1CN.Cl. The van der Waals surface area contributed by atoms with E-state index in [0.29, 0.717) is 17.5 Å². The van der Waals surface area contributed by atoms with E-state index in [4.69, 9.17) is 17.3 Å². The van der Waals surface area contributed by atoms with Gasteiger partial charge >= 0.3 is 5.97 Å². The molecule has 1 aromatic carbocycles. The number of carbonyl (C=O) groups excluding carboxylic acids is 1. The first-order valence-electron chi connectivity index (χ1n) is 8.96. The van der Waals surface area contributed by atoms with Gasteiger partial charge in [-0.05, 0) is 34.8 Å². The van der Waals surface area contributed by atoms with Crippen LogP contribution >= 0.6 is 24.0 Å². The van der Waals surface area contributed by atoms with Crippen LogP contribution in [-0.4, -0.2) is 34.8 Å². The number of halogens is 2. The molecular weight excluding hydrogens is 399 g/mol. The number of nitrogens with two attached hydrogens (primary N) is 1. The number of aliphatic carboxylic acids is 1. The molecule has 1 aromatic rings. The number of hydrogen-bond acceptors (Lipinski definition) is 4. The molecule has 3 N–H and O–H groups in total. The standard InChI is InChI=1S/C21H23ClN2O3.ClH/c1-12(2)10-24-11-14-7-19(25)17(21(26)27)8-16(14)20(18(24)9-23)13-3-5-15(22)6-4-13;/h3-6,8,11-12,17H,7,9-10,23H2,1-2H3,(H,26,27);1H. The summed E-state index contributed by atoms with van der Waals surface area (Å²) in [7, 11) is 0. The molecule has 150 valence electrons. The number of rotatable bonds is 5. The summed E-state index contributed by atoms with van der Waals surface area (Å²) in [6, 6.07) is 7.39. The zero-order chi connectivity index (χ0) is 19.7. The Kier molecular flexibility index (Phi) is 7.10. The van der Waals surface area contributed by atoms with Gasteiger partial charge in [-0.1, -0.05) is 43.7 Å². The third-order valence-electron chi connectivity index (χ3n) is 4.76. The summed E-state index contributed by atoms with van der Waals surface area (Å²) in [5.74, 6) is -2.16. The minimum atomic E-state index is -1.13. The van der Waals surface area contributed by atoms with Crippen molar-refractivity contribution in [1.82, 2.24) is 4.90 Å². The van der Waals surface area contributed by atoms with Crippen molar-refractivity contribution in [3.8, 4) is 0 Å². The Morgan fingerprint density at radius 3 is 2.50 bits per heavy atom. The van der Waals surface area contributed by atoms with Gasteiger partial charge in [0.15, 0.2) is 5.78 Å². The summed E-state index contributed by atoms with van der Waals surface area (Å²) in [5.41, 5.74) is 10.4. The van der Waals surface area contributed by atoms with Crippen LogP contribution in [-0.2, 0) is 9.59 Å². The molecule has 28 heavy (non-hydrogen) atoms. The van der Waals surface area contributed by atoms with Gasteiger partial charge in [-0.15, -0.1) is 12.4 Å². The summed E-state index contributed by atoms with van der Waals surface area (Å²) in [5, 5.41) is 10.1. The van der Waals surface area contributed by atoms with Crippen LogP contribution in [0.5, 0.6) is 0 Å². The van der Waals surface area contributed by atoms with Crippen LogP contribution in [0.1, 0.15) is 25.8 Å². The van der Waals surface area contributed by atoms with Gasteiger partial charge in [-0.25, -0.2) is 0 Å². The van der Waals surface area contributed by atoms with Crippen molar-refractivity contribution in [2.24, 2.45) is 17.6 Å². The highest BCUT2D eigenvalue weighted by molar-refractivity contribution is 6.30. The highest BCUT2D eigenvalue weighted by Crippen LogP contribution is 2.42. The fourth-order valence-corrected chi connectivity index (χ4v) is 3.73. The number of fused-ring (bicyclic) bond motifs is 1. The molecule has 0 spiro atoms. The Labute approximate surface area is 175 Å². The van der Waals surface area contributed by atoms with E-state index in [2.05, 4.69) is 18.7 Å². The van der Waals surface area contributed by atoms with Gasteiger partial charge in [0, 0.05) is 42.0 Å². The van der Waals surface area contributed by atoms with Crippen molar-refractivity contribution in [1.29, 1.82) is 0 Å². The zero-order valence-electron chi connectivity index (χ0n) is 15.8. The van der Waals surface area contributed by atoms with E-state index in [-0.39, 0.29) is 24.6 Å². The lowest BCUT2D eigenvalue weighted by Gasteiger charge is -2.36. The second-order valence-corrected chi connectivity index (χ2v) is 7.71. The molecule has 0 radical (unpaired) electrons. The van der Waals surface area contributed by atoms with Crippen LogP contribution in [0.2, 0.25) is 5.02 Å². The first-order chi connectivity index (χ1) is 12.8. The second kappa shape index (κ2) is 8.95. The lowest BCUT2D eigenvalue weighted by molar-refractivity contribution is -0.144. The molecule has 1 atom stereocenters. The molecule has 2 aliphatic rings. The number of benzene rings is 1. The number of carboxylic acids is 1. The molecule has 0 saturated carbocycles. The molecule has 0 saturated heterocycles. The fraction of sp³-hybridized carbons (Fsp3) is 0.333. The van der Waals surface area contributed by atoms with Crippen LogP contribution in [0, 0.1) is 11.8 Å². The molecule has 1 aliphatic heterocycles. The number of ketones is 1. The molecule has 1 heterocycles. The van der Waals surface area contributed by atoms with Crippen molar-refractivity contribution >= 4 is 41.3 Å². The van der Waals surface area contributed by atoms with E-state index in [1.54, 1.807) is 18.2 Å². The van der Waals surface area contributed by atoms with E-state index in [9.17, 15) is 14.7 Å². The summed E-state index contributed by atoms with van der Waals surface area (Å²) in [6.45, 7) is 5.30. The number of Topliss-reactive ketones (excluding diaryl/α,β-unsaturated/α-hetero) is 1. The molecule has 1 unspecified atom stereocenters. The summed E-state index contributed by atoms with van der Waals surface area (Å²) < 4.78 is 0. The van der Waals surface area contributed by atoms with Gasteiger partial charge in [0.25, 0.3) is 0 Å². The molecule has 5 nitrogen and oxygen atoms in total. The Balaban J connectivity index is 0.00000280. The van der Waals surface area contributed by atoms with E-state index in [1.807, 2.05) is 18.3 Å². The average Bonchev–Trinajstić information content (AvgIpc) is 2.60. The first kappa shape index (κ1) is 22.2. The van der Waals surface area contributed by atoms with Gasteiger partial charge in [-0.3, -0.25) is 9.59 Å². The van der Waals surface area contributed by atoms with Crippen molar-refractivity contribution in [2.45, 2.75) is 20.3 Å². The highest BCUT2D eigenvalue weighted by atomic mass is 35.5. The Bertz CT molecular complexity index is 870. The van der Waals surface area contributed by atoms with Crippen LogP contribution in [0.25, 0.3) is 5.57 Å². The van der Waals surface area contributed by atoms with Crippen LogP contribution in [0.15, 0.2) is 53.4 Å². The molecule has 0 amide bonds. The van der Waals surface area contributed by atoms with Crippen LogP contribution in [0.3, 0.4) is 0 Å². The normalized spacial score (nSPS) is 19.1. The number of carboxylic acid groups (broad SMARTS) is 1.